The Morgan fingerprint density at radius 2 is 2.00 bits per heavy atom. The van der Waals surface area contributed by atoms with Gasteiger partial charge in [-0.1, -0.05) is 45.9 Å². The zero-order valence-electron chi connectivity index (χ0n) is 14.4. The van der Waals surface area contributed by atoms with Crippen molar-refractivity contribution in [1.82, 2.24) is 9.78 Å². The Bertz CT molecular complexity index is 701. The van der Waals surface area contributed by atoms with Crippen LogP contribution >= 0.6 is 22.6 Å². The molecule has 1 aromatic carbocycles. The fourth-order valence-electron chi connectivity index (χ4n) is 2.87. The smallest absolute Gasteiger partial charge is 0.259 e. The summed E-state index contributed by atoms with van der Waals surface area (Å²) in [4.78, 5) is 12.5. The Hall–Kier alpha value is -1.37. The lowest BCUT2D eigenvalue weighted by molar-refractivity contribution is 0.102. The van der Waals surface area contributed by atoms with Gasteiger partial charge in [0.1, 0.15) is 3.70 Å². The molecule has 0 bridgehead atoms. The highest BCUT2D eigenvalue weighted by Gasteiger charge is 2.20. The van der Waals surface area contributed by atoms with Crippen molar-refractivity contribution in [2.75, 3.05) is 5.32 Å². The van der Waals surface area contributed by atoms with Gasteiger partial charge in [-0.15, -0.1) is 0 Å². The molecule has 124 valence electrons. The lowest BCUT2D eigenvalue weighted by Gasteiger charge is -2.25. The first-order valence-electron chi connectivity index (χ1n) is 7.77. The molecule has 0 radical (unpaired) electrons. The zero-order chi connectivity index (χ0) is 17.2. The highest BCUT2D eigenvalue weighted by atomic mass is 127. The van der Waals surface area contributed by atoms with E-state index >= 15 is 0 Å². The minimum atomic E-state index is -0.113. The summed E-state index contributed by atoms with van der Waals surface area (Å²) in [5, 5.41) is 7.27. The van der Waals surface area contributed by atoms with E-state index in [1.165, 1.54) is 5.56 Å². The lowest BCUT2D eigenvalue weighted by Crippen LogP contribution is -2.16. The average Bonchev–Trinajstić information content (AvgIpc) is 2.76. The molecule has 1 amide bonds. The first kappa shape index (κ1) is 18.0. The summed E-state index contributed by atoms with van der Waals surface area (Å²) < 4.78 is 2.37. The first-order chi connectivity index (χ1) is 10.7. The first-order valence-corrected chi connectivity index (χ1v) is 8.84. The Labute approximate surface area is 151 Å². The average molecular weight is 425 g/mol. The highest BCUT2D eigenvalue weighted by Crippen LogP contribution is 2.34. The molecule has 1 atom stereocenters. The molecule has 0 saturated heterocycles. The van der Waals surface area contributed by atoms with Crippen molar-refractivity contribution in [3.8, 4) is 0 Å². The second kappa shape index (κ2) is 7.03. The van der Waals surface area contributed by atoms with Gasteiger partial charge < -0.3 is 5.32 Å². The number of rotatable bonds is 4. The van der Waals surface area contributed by atoms with Crippen LogP contribution in [0.25, 0.3) is 0 Å². The van der Waals surface area contributed by atoms with Crippen LogP contribution in [0.4, 0.5) is 5.69 Å². The van der Waals surface area contributed by atoms with Crippen LogP contribution in [-0.4, -0.2) is 15.7 Å². The highest BCUT2D eigenvalue weighted by molar-refractivity contribution is 14.1. The van der Waals surface area contributed by atoms with E-state index in [1.807, 2.05) is 25.2 Å². The van der Waals surface area contributed by atoms with E-state index in [0.717, 1.165) is 12.1 Å². The van der Waals surface area contributed by atoms with Gasteiger partial charge in [-0.25, -0.2) is 0 Å². The Kier molecular flexibility index (Phi) is 5.49. The van der Waals surface area contributed by atoms with E-state index in [4.69, 9.17) is 0 Å². The van der Waals surface area contributed by atoms with E-state index < -0.39 is 0 Å². The topological polar surface area (TPSA) is 46.9 Å². The van der Waals surface area contributed by atoms with Crippen molar-refractivity contribution < 1.29 is 4.79 Å². The minimum Gasteiger partial charge on any atom is -0.322 e. The molecule has 0 saturated carbocycles. The minimum absolute atomic E-state index is 0.113. The van der Waals surface area contributed by atoms with Gasteiger partial charge in [0.25, 0.3) is 5.91 Å². The number of benzene rings is 1. The maximum Gasteiger partial charge on any atom is 0.259 e. The van der Waals surface area contributed by atoms with Crippen LogP contribution < -0.4 is 5.32 Å². The van der Waals surface area contributed by atoms with Gasteiger partial charge in [-0.2, -0.15) is 5.10 Å². The number of carbonyl (C=O) groups excluding carboxylic acids is 1. The maximum absolute atomic E-state index is 12.5. The van der Waals surface area contributed by atoms with E-state index in [9.17, 15) is 4.79 Å². The van der Waals surface area contributed by atoms with Crippen molar-refractivity contribution in [2.45, 2.75) is 40.0 Å². The lowest BCUT2D eigenvalue weighted by atomic mass is 9.82. The van der Waals surface area contributed by atoms with Crippen LogP contribution in [0.5, 0.6) is 0 Å². The van der Waals surface area contributed by atoms with Crippen molar-refractivity contribution in [2.24, 2.45) is 12.5 Å². The monoisotopic (exact) mass is 425 g/mol. The summed E-state index contributed by atoms with van der Waals surface area (Å²) in [6.07, 6.45) is 2.81. The fraction of sp³-hybridized carbons (Fsp3) is 0.444. The molecule has 5 heteroatoms. The molecule has 1 heterocycles. The predicted octanol–water partition coefficient (Wildman–Crippen LogP) is 4.82. The van der Waals surface area contributed by atoms with Gasteiger partial charge in [-0.3, -0.25) is 9.48 Å². The second-order valence-corrected chi connectivity index (χ2v) is 8.24. The molecule has 4 nitrogen and oxygen atoms in total. The summed E-state index contributed by atoms with van der Waals surface area (Å²) in [5.41, 5.74) is 2.91. The third-order valence-electron chi connectivity index (χ3n) is 3.69. The van der Waals surface area contributed by atoms with Crippen LogP contribution in [0.3, 0.4) is 0 Å². The second-order valence-electron chi connectivity index (χ2n) is 7.21. The van der Waals surface area contributed by atoms with Gasteiger partial charge >= 0.3 is 0 Å². The maximum atomic E-state index is 12.5. The number of nitrogens with zero attached hydrogens (tertiary/aromatic N) is 2. The molecule has 1 N–H and O–H groups in total. The zero-order valence-corrected chi connectivity index (χ0v) is 16.5. The van der Waals surface area contributed by atoms with Crippen LogP contribution in [0.15, 0.2) is 30.5 Å². The molecule has 0 aliphatic rings. The van der Waals surface area contributed by atoms with Gasteiger partial charge in [0, 0.05) is 18.9 Å². The van der Waals surface area contributed by atoms with Gasteiger partial charge in [0.2, 0.25) is 0 Å². The van der Waals surface area contributed by atoms with Crippen molar-refractivity contribution in [3.05, 3.63) is 45.3 Å². The molecule has 2 aromatic rings. The Morgan fingerprint density at radius 3 is 2.57 bits per heavy atom. The number of hydrogen-bond donors (Lipinski definition) is 1. The molecule has 1 unspecified atom stereocenters. The van der Waals surface area contributed by atoms with Crippen molar-refractivity contribution in [1.29, 1.82) is 0 Å². The standard InChI is InChI=1S/C18H24IN3O/c1-12(10-18(2,3)4)13-8-6-7-9-15(13)20-17(23)14-11-22(5)21-16(14)19/h6-9,11-12H,10H2,1-5H3,(H,20,23). The summed E-state index contributed by atoms with van der Waals surface area (Å²) in [6, 6.07) is 8.05. The fourth-order valence-corrected chi connectivity index (χ4v) is 3.60. The summed E-state index contributed by atoms with van der Waals surface area (Å²) in [6.45, 7) is 8.93. The van der Waals surface area contributed by atoms with Gasteiger partial charge in [0.05, 0.1) is 5.56 Å². The van der Waals surface area contributed by atoms with E-state index in [-0.39, 0.29) is 11.3 Å². The third kappa shape index (κ3) is 4.80. The molecule has 23 heavy (non-hydrogen) atoms. The summed E-state index contributed by atoms with van der Waals surface area (Å²) in [5.74, 6) is 0.261. The van der Waals surface area contributed by atoms with Crippen LogP contribution in [0, 0.1) is 9.12 Å². The van der Waals surface area contributed by atoms with Crippen LogP contribution in [0.2, 0.25) is 0 Å². The van der Waals surface area contributed by atoms with Crippen LogP contribution in [-0.2, 0) is 7.05 Å². The number of aryl methyl sites for hydroxylation is 1. The van der Waals surface area contributed by atoms with Gasteiger partial charge in [0.15, 0.2) is 0 Å². The number of hydrogen-bond acceptors (Lipinski definition) is 2. The molecule has 2 rings (SSSR count). The largest absolute Gasteiger partial charge is 0.322 e. The number of carbonyl (C=O) groups is 1. The molecule has 0 aliphatic carbocycles. The molecule has 0 fully saturated rings. The number of anilines is 1. The van der Waals surface area contributed by atoms with E-state index in [2.05, 4.69) is 66.8 Å². The number of halogens is 1. The SMILES string of the molecule is CC(CC(C)(C)C)c1ccccc1NC(=O)c1cn(C)nc1I. The molecular weight excluding hydrogens is 401 g/mol. The number of aromatic nitrogens is 2. The predicted molar refractivity (Wildman–Crippen MR) is 103 cm³/mol. The van der Waals surface area contributed by atoms with E-state index in [1.54, 1.807) is 10.9 Å². The van der Waals surface area contributed by atoms with E-state index in [0.29, 0.717) is 15.2 Å². The quantitative estimate of drug-likeness (QED) is 0.715. The third-order valence-corrected chi connectivity index (χ3v) is 4.48. The van der Waals surface area contributed by atoms with Crippen LogP contribution in [0.1, 0.15) is 56.0 Å². The Balaban J connectivity index is 2.24. The van der Waals surface area contributed by atoms with Crippen molar-refractivity contribution in [3.63, 3.8) is 0 Å². The molecular formula is C18H24IN3O. The number of nitrogens with one attached hydrogen (secondary N) is 1. The molecule has 0 spiro atoms. The van der Waals surface area contributed by atoms with Gasteiger partial charge in [-0.05, 0) is 52.0 Å². The Morgan fingerprint density at radius 1 is 1.35 bits per heavy atom. The summed E-state index contributed by atoms with van der Waals surface area (Å²) >= 11 is 2.09. The normalized spacial score (nSPS) is 13.0. The number of para-hydroxylation sites is 1. The van der Waals surface area contributed by atoms with Crippen molar-refractivity contribution >= 4 is 34.2 Å². The summed E-state index contributed by atoms with van der Waals surface area (Å²) in [7, 11) is 1.82. The molecule has 1 aromatic heterocycles. The number of amides is 1. The molecule has 0 aliphatic heterocycles.